The van der Waals surface area contributed by atoms with Gasteiger partial charge in [-0.15, -0.1) is 0 Å². The first-order valence-electron chi connectivity index (χ1n) is 11.3. The van der Waals surface area contributed by atoms with Gasteiger partial charge in [0.15, 0.2) is 11.5 Å². The number of fused-ring (bicyclic) bond motifs is 2. The lowest BCUT2D eigenvalue weighted by Crippen LogP contribution is -2.44. The van der Waals surface area contributed by atoms with Gasteiger partial charge in [0.05, 0.1) is 11.7 Å². The summed E-state index contributed by atoms with van der Waals surface area (Å²) < 4.78 is 22.3. The first kappa shape index (κ1) is 23.8. The van der Waals surface area contributed by atoms with Gasteiger partial charge in [-0.25, -0.2) is 0 Å². The quantitative estimate of drug-likeness (QED) is 0.713. The van der Waals surface area contributed by atoms with Gasteiger partial charge >= 0.3 is 0 Å². The SMILES string of the molecule is CO[C@@H]1CN(C)C(=O)c2cc(NC(=O)c3ccc4c(c3)OCO4)ccc2OC[C@@H](C)NC[C@@H]1C. The fourth-order valence-electron chi connectivity index (χ4n) is 3.98. The van der Waals surface area contributed by atoms with E-state index in [9.17, 15) is 9.59 Å². The topological polar surface area (TPSA) is 98.4 Å². The highest BCUT2D eigenvalue weighted by molar-refractivity contribution is 6.06. The molecule has 2 heterocycles. The Bertz CT molecular complexity index is 1060. The first-order chi connectivity index (χ1) is 16.4. The molecule has 9 nitrogen and oxygen atoms in total. The van der Waals surface area contributed by atoms with E-state index in [0.717, 1.165) is 6.54 Å². The molecule has 2 aliphatic rings. The van der Waals surface area contributed by atoms with Crippen molar-refractivity contribution < 1.29 is 28.5 Å². The van der Waals surface area contributed by atoms with Crippen LogP contribution >= 0.6 is 0 Å². The van der Waals surface area contributed by atoms with E-state index in [0.29, 0.717) is 47.2 Å². The minimum atomic E-state index is -0.320. The van der Waals surface area contributed by atoms with Crippen LogP contribution in [0, 0.1) is 5.92 Å². The number of carbonyl (C=O) groups excluding carboxylic acids is 2. The Morgan fingerprint density at radius 3 is 2.65 bits per heavy atom. The van der Waals surface area contributed by atoms with E-state index >= 15 is 0 Å². The van der Waals surface area contributed by atoms with E-state index in [1.54, 1.807) is 55.5 Å². The van der Waals surface area contributed by atoms with Crippen molar-refractivity contribution in [3.8, 4) is 17.2 Å². The number of nitrogens with one attached hydrogen (secondary N) is 2. The molecule has 4 rings (SSSR count). The molecule has 34 heavy (non-hydrogen) atoms. The number of methoxy groups -OCH3 is 1. The van der Waals surface area contributed by atoms with Crippen molar-refractivity contribution in [2.45, 2.75) is 26.0 Å². The van der Waals surface area contributed by atoms with E-state index in [1.165, 1.54) is 0 Å². The number of nitrogens with zero attached hydrogens (tertiary/aromatic N) is 1. The van der Waals surface area contributed by atoms with Gasteiger partial charge in [0.25, 0.3) is 11.8 Å². The van der Waals surface area contributed by atoms with Gasteiger partial charge in [-0.3, -0.25) is 9.59 Å². The lowest BCUT2D eigenvalue weighted by Gasteiger charge is -2.30. The van der Waals surface area contributed by atoms with Crippen molar-refractivity contribution in [2.24, 2.45) is 5.92 Å². The van der Waals surface area contributed by atoms with Gasteiger partial charge in [0.1, 0.15) is 12.4 Å². The number of ether oxygens (including phenoxy) is 4. The fraction of sp³-hybridized carbons (Fsp3) is 0.440. The van der Waals surface area contributed by atoms with Crippen LogP contribution in [0.2, 0.25) is 0 Å². The molecular formula is C25H31N3O6. The summed E-state index contributed by atoms with van der Waals surface area (Å²) in [6, 6.07) is 10.2. The summed E-state index contributed by atoms with van der Waals surface area (Å²) in [7, 11) is 3.40. The second kappa shape index (κ2) is 10.3. The van der Waals surface area contributed by atoms with E-state index < -0.39 is 0 Å². The highest BCUT2D eigenvalue weighted by Gasteiger charge is 2.26. The lowest BCUT2D eigenvalue weighted by molar-refractivity contribution is 0.0281. The molecule has 0 saturated carbocycles. The van der Waals surface area contributed by atoms with Crippen molar-refractivity contribution >= 4 is 17.5 Å². The molecule has 2 aliphatic heterocycles. The average Bonchev–Trinajstić information content (AvgIpc) is 3.31. The number of hydrogen-bond donors (Lipinski definition) is 2. The molecule has 0 unspecified atom stereocenters. The maximum Gasteiger partial charge on any atom is 0.257 e. The minimum Gasteiger partial charge on any atom is -0.491 e. The van der Waals surface area contributed by atoms with Crippen molar-refractivity contribution in [2.75, 3.05) is 46.0 Å². The van der Waals surface area contributed by atoms with Crippen LogP contribution < -0.4 is 24.8 Å². The summed E-state index contributed by atoms with van der Waals surface area (Å²) in [6.07, 6.45) is -0.119. The minimum absolute atomic E-state index is 0.0884. The van der Waals surface area contributed by atoms with Crippen LogP contribution in [0.5, 0.6) is 17.2 Å². The van der Waals surface area contributed by atoms with Crippen LogP contribution in [0.25, 0.3) is 0 Å². The summed E-state index contributed by atoms with van der Waals surface area (Å²) in [5.74, 6) is 1.28. The zero-order valence-corrected chi connectivity index (χ0v) is 19.9. The van der Waals surface area contributed by atoms with Crippen molar-refractivity contribution in [3.05, 3.63) is 47.5 Å². The van der Waals surface area contributed by atoms with Gasteiger partial charge in [-0.05, 0) is 49.2 Å². The maximum absolute atomic E-state index is 13.4. The third kappa shape index (κ3) is 5.26. The van der Waals surface area contributed by atoms with Crippen molar-refractivity contribution in [1.82, 2.24) is 10.2 Å². The molecule has 0 fully saturated rings. The second-order valence-electron chi connectivity index (χ2n) is 8.79. The Morgan fingerprint density at radius 1 is 1.09 bits per heavy atom. The summed E-state index contributed by atoms with van der Waals surface area (Å²) in [5, 5.41) is 6.32. The summed E-state index contributed by atoms with van der Waals surface area (Å²) in [5.41, 5.74) is 1.29. The number of hydrogen-bond acceptors (Lipinski definition) is 7. The van der Waals surface area contributed by atoms with E-state index in [-0.39, 0.29) is 36.7 Å². The second-order valence-corrected chi connectivity index (χ2v) is 8.79. The molecular weight excluding hydrogens is 438 g/mol. The van der Waals surface area contributed by atoms with E-state index in [1.807, 2.05) is 6.92 Å². The highest BCUT2D eigenvalue weighted by Crippen LogP contribution is 2.33. The van der Waals surface area contributed by atoms with Gasteiger partial charge in [-0.2, -0.15) is 0 Å². The fourth-order valence-corrected chi connectivity index (χ4v) is 3.98. The summed E-state index contributed by atoms with van der Waals surface area (Å²) in [4.78, 5) is 27.8. The molecule has 0 saturated heterocycles. The van der Waals surface area contributed by atoms with Crippen LogP contribution in [0.1, 0.15) is 34.6 Å². The van der Waals surface area contributed by atoms with Crippen molar-refractivity contribution in [1.29, 1.82) is 0 Å². The average molecular weight is 470 g/mol. The van der Waals surface area contributed by atoms with E-state index in [4.69, 9.17) is 18.9 Å². The Balaban J connectivity index is 1.58. The van der Waals surface area contributed by atoms with Crippen LogP contribution in [-0.2, 0) is 4.74 Å². The molecule has 0 aliphatic carbocycles. The molecule has 0 bridgehead atoms. The number of likely N-dealkylation sites (N-methyl/N-ethyl adjacent to an activating group) is 1. The molecule has 2 amide bonds. The van der Waals surface area contributed by atoms with Crippen LogP contribution in [-0.4, -0.2) is 69.5 Å². The number of carbonyl (C=O) groups is 2. The molecule has 0 radical (unpaired) electrons. The zero-order chi connectivity index (χ0) is 24.2. The number of anilines is 1. The Labute approximate surface area is 199 Å². The molecule has 0 aromatic heterocycles. The standard InChI is InChI=1S/C25H31N3O6/c1-15-11-26-16(2)13-32-20-8-6-18(10-19(20)25(30)28(3)12-23(15)31-4)27-24(29)17-5-7-21-22(9-17)34-14-33-21/h5-10,15-16,23,26H,11-14H2,1-4H3,(H,27,29)/t15-,16+,23+/m0/s1. The van der Waals surface area contributed by atoms with Crippen LogP contribution in [0.4, 0.5) is 5.69 Å². The molecule has 0 spiro atoms. The predicted molar refractivity (Wildman–Crippen MR) is 127 cm³/mol. The van der Waals surface area contributed by atoms with Gasteiger partial charge < -0.3 is 34.5 Å². The molecule has 2 aromatic carbocycles. The van der Waals surface area contributed by atoms with Gasteiger partial charge in [0.2, 0.25) is 6.79 Å². The molecule has 9 heteroatoms. The van der Waals surface area contributed by atoms with Crippen LogP contribution in [0.3, 0.4) is 0 Å². The largest absolute Gasteiger partial charge is 0.491 e. The normalized spacial score (nSPS) is 22.8. The van der Waals surface area contributed by atoms with Gasteiger partial charge in [0, 0.05) is 44.5 Å². The summed E-state index contributed by atoms with van der Waals surface area (Å²) in [6.45, 7) is 5.85. The monoisotopic (exact) mass is 469 g/mol. The van der Waals surface area contributed by atoms with E-state index in [2.05, 4.69) is 17.6 Å². The first-order valence-corrected chi connectivity index (χ1v) is 11.3. The molecule has 182 valence electrons. The van der Waals surface area contributed by atoms with Gasteiger partial charge in [-0.1, -0.05) is 6.92 Å². The Hall–Kier alpha value is -3.30. The Kier molecular flexibility index (Phi) is 7.23. The molecule has 2 N–H and O–H groups in total. The third-order valence-electron chi connectivity index (χ3n) is 6.12. The third-order valence-corrected chi connectivity index (χ3v) is 6.12. The Morgan fingerprint density at radius 2 is 1.85 bits per heavy atom. The number of benzene rings is 2. The predicted octanol–water partition coefficient (Wildman–Crippen LogP) is 2.76. The molecule has 2 aromatic rings. The van der Waals surface area contributed by atoms with Crippen molar-refractivity contribution in [3.63, 3.8) is 0 Å². The maximum atomic E-state index is 13.4. The zero-order valence-electron chi connectivity index (χ0n) is 19.9. The number of amides is 2. The summed E-state index contributed by atoms with van der Waals surface area (Å²) >= 11 is 0. The highest BCUT2D eigenvalue weighted by atomic mass is 16.7. The molecule has 3 atom stereocenters. The number of rotatable bonds is 3. The smallest absolute Gasteiger partial charge is 0.257 e. The van der Waals surface area contributed by atoms with Crippen LogP contribution in [0.15, 0.2) is 36.4 Å². The lowest BCUT2D eigenvalue weighted by atomic mass is 10.0.